The van der Waals surface area contributed by atoms with Crippen molar-refractivity contribution in [2.75, 3.05) is 5.32 Å². The van der Waals surface area contributed by atoms with Crippen molar-refractivity contribution in [1.29, 1.82) is 0 Å². The van der Waals surface area contributed by atoms with Crippen molar-refractivity contribution in [3.05, 3.63) is 56.7 Å². The Morgan fingerprint density at radius 2 is 2.04 bits per heavy atom. The van der Waals surface area contributed by atoms with E-state index in [1.165, 1.54) is 22.7 Å². The van der Waals surface area contributed by atoms with Crippen LogP contribution in [0.2, 0.25) is 5.02 Å². The first-order valence-corrected chi connectivity index (χ1v) is 9.74. The Kier molecular flexibility index (Phi) is 5.32. The maximum Gasteiger partial charge on any atom is 0.267 e. The van der Waals surface area contributed by atoms with E-state index in [2.05, 4.69) is 15.5 Å². The molecule has 0 saturated heterocycles. The molecule has 3 aromatic rings. The number of thioether (sulfide) groups is 1. The molecule has 2 aromatic heterocycles. The predicted octanol–water partition coefficient (Wildman–Crippen LogP) is 5.11. The third-order valence-electron chi connectivity index (χ3n) is 2.97. The first-order chi connectivity index (χ1) is 11.1. The molecule has 0 aliphatic heterocycles. The second-order valence-electron chi connectivity index (χ2n) is 4.68. The van der Waals surface area contributed by atoms with Crippen LogP contribution in [-0.2, 0) is 5.75 Å². The normalized spacial score (nSPS) is 10.7. The Hall–Kier alpha value is -1.41. The standard InChI is InChI=1S/C15H12ClN3OS3/c1-9-6-7-21-12(9)13(20)17-14-18-19-15(23-14)22-8-10-2-4-11(16)5-3-10/h2-7H,8H2,1H3,(H,17,18,20). The van der Waals surface area contributed by atoms with Crippen molar-refractivity contribution in [2.45, 2.75) is 17.0 Å². The summed E-state index contributed by atoms with van der Waals surface area (Å²) < 4.78 is 0.818. The van der Waals surface area contributed by atoms with E-state index >= 15 is 0 Å². The SMILES string of the molecule is Cc1ccsc1C(=O)Nc1nnc(SCc2ccc(Cl)cc2)s1. The molecule has 0 aliphatic rings. The predicted molar refractivity (Wildman–Crippen MR) is 97.9 cm³/mol. The van der Waals surface area contributed by atoms with Crippen LogP contribution in [0.1, 0.15) is 20.8 Å². The first-order valence-electron chi connectivity index (χ1n) is 6.68. The fourth-order valence-corrected chi connectivity index (χ4v) is 4.45. The number of nitrogens with zero attached hydrogens (tertiary/aromatic N) is 2. The zero-order valence-electron chi connectivity index (χ0n) is 12.1. The maximum absolute atomic E-state index is 12.1. The largest absolute Gasteiger partial charge is 0.296 e. The van der Waals surface area contributed by atoms with E-state index in [1.807, 2.05) is 42.6 Å². The molecular formula is C15H12ClN3OS3. The third kappa shape index (κ3) is 4.32. The number of halogens is 1. The van der Waals surface area contributed by atoms with Gasteiger partial charge in [0, 0.05) is 10.8 Å². The van der Waals surface area contributed by atoms with E-state index in [4.69, 9.17) is 11.6 Å². The van der Waals surface area contributed by atoms with Crippen molar-refractivity contribution in [3.8, 4) is 0 Å². The molecule has 1 aromatic carbocycles. The molecule has 0 bridgehead atoms. The lowest BCUT2D eigenvalue weighted by atomic mass is 10.2. The summed E-state index contributed by atoms with van der Waals surface area (Å²) in [6, 6.07) is 9.63. The fraction of sp³-hybridized carbons (Fsp3) is 0.133. The highest BCUT2D eigenvalue weighted by Crippen LogP contribution is 2.29. The highest BCUT2D eigenvalue weighted by Gasteiger charge is 2.13. The molecule has 1 amide bonds. The minimum Gasteiger partial charge on any atom is -0.296 e. The van der Waals surface area contributed by atoms with Crippen LogP contribution in [0, 0.1) is 6.92 Å². The molecular weight excluding hydrogens is 370 g/mol. The Labute approximate surface area is 150 Å². The summed E-state index contributed by atoms with van der Waals surface area (Å²) >= 11 is 10.2. The van der Waals surface area contributed by atoms with Gasteiger partial charge < -0.3 is 0 Å². The summed E-state index contributed by atoms with van der Waals surface area (Å²) in [6.07, 6.45) is 0. The van der Waals surface area contributed by atoms with Gasteiger partial charge in [-0.2, -0.15) is 0 Å². The van der Waals surface area contributed by atoms with Crippen LogP contribution >= 0.6 is 46.0 Å². The van der Waals surface area contributed by atoms with E-state index in [0.717, 1.165) is 26.2 Å². The number of benzene rings is 1. The Morgan fingerprint density at radius 1 is 1.26 bits per heavy atom. The van der Waals surface area contributed by atoms with Gasteiger partial charge in [0.15, 0.2) is 4.34 Å². The van der Waals surface area contributed by atoms with E-state index in [1.54, 1.807) is 11.8 Å². The van der Waals surface area contributed by atoms with Crippen LogP contribution in [0.15, 0.2) is 40.1 Å². The van der Waals surface area contributed by atoms with Gasteiger partial charge >= 0.3 is 0 Å². The van der Waals surface area contributed by atoms with Crippen LogP contribution in [0.25, 0.3) is 0 Å². The van der Waals surface area contributed by atoms with Crippen LogP contribution in [0.3, 0.4) is 0 Å². The zero-order valence-corrected chi connectivity index (χ0v) is 15.3. The number of carbonyl (C=O) groups is 1. The van der Waals surface area contributed by atoms with Crippen molar-refractivity contribution in [1.82, 2.24) is 10.2 Å². The Bertz CT molecular complexity index is 813. The number of hydrogen-bond donors (Lipinski definition) is 1. The number of thiophene rings is 1. The summed E-state index contributed by atoms with van der Waals surface area (Å²) in [7, 11) is 0. The van der Waals surface area contributed by atoms with Gasteiger partial charge in [0.05, 0.1) is 4.88 Å². The summed E-state index contributed by atoms with van der Waals surface area (Å²) in [5.41, 5.74) is 2.13. The zero-order chi connectivity index (χ0) is 16.2. The Morgan fingerprint density at radius 3 is 2.74 bits per heavy atom. The number of rotatable bonds is 5. The molecule has 0 unspecified atom stereocenters. The quantitative estimate of drug-likeness (QED) is 0.493. The lowest BCUT2D eigenvalue weighted by molar-refractivity contribution is 0.103. The topological polar surface area (TPSA) is 54.9 Å². The minimum absolute atomic E-state index is 0.136. The van der Waals surface area contributed by atoms with E-state index < -0.39 is 0 Å². The summed E-state index contributed by atoms with van der Waals surface area (Å²) in [4.78, 5) is 12.8. The van der Waals surface area contributed by atoms with Crippen LogP contribution < -0.4 is 5.32 Å². The molecule has 3 rings (SSSR count). The first kappa shape index (κ1) is 16.4. The van der Waals surface area contributed by atoms with Gasteiger partial charge in [-0.25, -0.2) is 0 Å². The van der Waals surface area contributed by atoms with Crippen molar-refractivity contribution in [2.24, 2.45) is 0 Å². The molecule has 0 saturated carbocycles. The number of aromatic nitrogens is 2. The number of carbonyl (C=O) groups excluding carboxylic acids is 1. The molecule has 0 fully saturated rings. The second kappa shape index (κ2) is 7.44. The van der Waals surface area contributed by atoms with Gasteiger partial charge in [0.25, 0.3) is 5.91 Å². The molecule has 0 atom stereocenters. The van der Waals surface area contributed by atoms with Gasteiger partial charge in [-0.15, -0.1) is 21.5 Å². The minimum atomic E-state index is -0.136. The second-order valence-corrected chi connectivity index (χ2v) is 8.23. The van der Waals surface area contributed by atoms with Crippen LogP contribution in [-0.4, -0.2) is 16.1 Å². The molecule has 118 valence electrons. The number of amides is 1. The summed E-state index contributed by atoms with van der Waals surface area (Å²) in [5.74, 6) is 0.645. The van der Waals surface area contributed by atoms with Gasteiger partial charge in [0.1, 0.15) is 0 Å². The van der Waals surface area contributed by atoms with Gasteiger partial charge in [0.2, 0.25) is 5.13 Å². The van der Waals surface area contributed by atoms with E-state index in [9.17, 15) is 4.79 Å². The van der Waals surface area contributed by atoms with Crippen LogP contribution in [0.4, 0.5) is 5.13 Å². The van der Waals surface area contributed by atoms with E-state index in [-0.39, 0.29) is 5.91 Å². The highest BCUT2D eigenvalue weighted by molar-refractivity contribution is 8.00. The molecule has 4 nitrogen and oxygen atoms in total. The smallest absolute Gasteiger partial charge is 0.267 e. The van der Waals surface area contributed by atoms with Crippen molar-refractivity contribution in [3.63, 3.8) is 0 Å². The molecule has 8 heteroatoms. The molecule has 0 aliphatic carbocycles. The van der Waals surface area contributed by atoms with Crippen molar-refractivity contribution < 1.29 is 4.79 Å². The molecule has 1 N–H and O–H groups in total. The molecule has 2 heterocycles. The molecule has 0 spiro atoms. The van der Waals surface area contributed by atoms with Crippen molar-refractivity contribution >= 4 is 57.1 Å². The van der Waals surface area contributed by atoms with Gasteiger partial charge in [-0.1, -0.05) is 46.8 Å². The monoisotopic (exact) mass is 381 g/mol. The van der Waals surface area contributed by atoms with Gasteiger partial charge in [-0.05, 0) is 41.6 Å². The number of aryl methyl sites for hydroxylation is 1. The summed E-state index contributed by atoms with van der Waals surface area (Å²) in [6.45, 7) is 1.92. The lowest BCUT2D eigenvalue weighted by Crippen LogP contribution is -2.10. The maximum atomic E-state index is 12.1. The number of nitrogens with one attached hydrogen (secondary N) is 1. The van der Waals surface area contributed by atoms with Gasteiger partial charge in [-0.3, -0.25) is 10.1 Å². The Balaban J connectivity index is 1.58. The average Bonchev–Trinajstić information content (AvgIpc) is 3.15. The van der Waals surface area contributed by atoms with Crippen LogP contribution in [0.5, 0.6) is 0 Å². The lowest BCUT2D eigenvalue weighted by Gasteiger charge is -1.99. The summed E-state index contributed by atoms with van der Waals surface area (Å²) in [5, 5.41) is 14.1. The highest BCUT2D eigenvalue weighted by atomic mass is 35.5. The molecule has 0 radical (unpaired) electrons. The molecule has 23 heavy (non-hydrogen) atoms. The third-order valence-corrected chi connectivity index (χ3v) is 6.28. The number of anilines is 1. The fourth-order valence-electron chi connectivity index (χ4n) is 1.80. The average molecular weight is 382 g/mol. The van der Waals surface area contributed by atoms with E-state index in [0.29, 0.717) is 10.0 Å². The number of hydrogen-bond acceptors (Lipinski definition) is 6.